The molecule has 1 saturated carbocycles. The second-order valence-corrected chi connectivity index (χ2v) is 7.00. The summed E-state index contributed by atoms with van der Waals surface area (Å²) >= 11 is 0. The lowest BCUT2D eigenvalue weighted by atomic mass is 9.95. The van der Waals surface area contributed by atoms with Crippen LogP contribution in [-0.4, -0.2) is 35.6 Å². The third-order valence-electron chi connectivity index (χ3n) is 4.96. The molecule has 1 aliphatic rings. The van der Waals surface area contributed by atoms with Crippen LogP contribution in [-0.2, 0) is 16.0 Å². The SMILES string of the molecule is O=C(Cc1ccc2ccccc2c1)N[C@@H](CO)C(=O)NC1CCCCC1. The fraction of sp³-hybridized carbons (Fsp3) is 0.429. The highest BCUT2D eigenvalue weighted by atomic mass is 16.3. The van der Waals surface area contributed by atoms with Crippen molar-refractivity contribution in [3.63, 3.8) is 0 Å². The standard InChI is InChI=1S/C21H26N2O3/c24-14-19(21(26)22-18-8-2-1-3-9-18)23-20(25)13-15-10-11-16-6-4-5-7-17(16)12-15/h4-7,10-12,18-19,24H,1-3,8-9,13-14H2,(H,22,26)(H,23,25)/t19-/m0/s1. The minimum atomic E-state index is -0.898. The number of carbonyl (C=O) groups excluding carboxylic acids is 2. The number of rotatable bonds is 6. The zero-order valence-corrected chi connectivity index (χ0v) is 14.9. The van der Waals surface area contributed by atoms with Crippen molar-refractivity contribution in [1.82, 2.24) is 10.6 Å². The Morgan fingerprint density at radius 1 is 1.04 bits per heavy atom. The quantitative estimate of drug-likeness (QED) is 0.745. The van der Waals surface area contributed by atoms with Crippen LogP contribution in [0.1, 0.15) is 37.7 Å². The molecule has 0 bridgehead atoms. The van der Waals surface area contributed by atoms with E-state index in [1.54, 1.807) is 0 Å². The van der Waals surface area contributed by atoms with Crippen LogP contribution >= 0.6 is 0 Å². The van der Waals surface area contributed by atoms with Crippen molar-refractivity contribution in [3.05, 3.63) is 48.0 Å². The topological polar surface area (TPSA) is 78.4 Å². The van der Waals surface area contributed by atoms with E-state index in [0.717, 1.165) is 42.0 Å². The van der Waals surface area contributed by atoms with Gasteiger partial charge in [-0.25, -0.2) is 0 Å². The van der Waals surface area contributed by atoms with Gasteiger partial charge in [-0.1, -0.05) is 61.7 Å². The van der Waals surface area contributed by atoms with Crippen molar-refractivity contribution in [2.24, 2.45) is 0 Å². The van der Waals surface area contributed by atoms with Crippen LogP contribution in [0.2, 0.25) is 0 Å². The van der Waals surface area contributed by atoms with Crippen molar-refractivity contribution >= 4 is 22.6 Å². The highest BCUT2D eigenvalue weighted by Crippen LogP contribution is 2.18. The Kier molecular flexibility index (Phi) is 6.23. The Morgan fingerprint density at radius 2 is 1.77 bits per heavy atom. The molecule has 0 unspecified atom stereocenters. The summed E-state index contributed by atoms with van der Waals surface area (Å²) in [5.41, 5.74) is 0.880. The minimum absolute atomic E-state index is 0.155. The first-order chi connectivity index (χ1) is 12.7. The Hall–Kier alpha value is -2.40. The normalized spacial score (nSPS) is 16.2. The molecule has 0 saturated heterocycles. The molecule has 26 heavy (non-hydrogen) atoms. The van der Waals surface area contributed by atoms with E-state index in [1.807, 2.05) is 42.5 Å². The van der Waals surface area contributed by atoms with Gasteiger partial charge in [-0.05, 0) is 29.2 Å². The van der Waals surface area contributed by atoms with Gasteiger partial charge in [0, 0.05) is 6.04 Å². The molecule has 2 aromatic rings. The Balaban J connectivity index is 1.56. The lowest BCUT2D eigenvalue weighted by Crippen LogP contribution is -2.52. The van der Waals surface area contributed by atoms with Crippen molar-refractivity contribution in [3.8, 4) is 0 Å². The highest BCUT2D eigenvalue weighted by molar-refractivity contribution is 5.89. The first kappa shape index (κ1) is 18.4. The van der Waals surface area contributed by atoms with Gasteiger partial charge in [0.15, 0.2) is 0 Å². The van der Waals surface area contributed by atoms with Crippen LogP contribution in [0, 0.1) is 0 Å². The van der Waals surface area contributed by atoms with Gasteiger partial charge in [0.05, 0.1) is 13.0 Å². The molecule has 1 aliphatic carbocycles. The summed E-state index contributed by atoms with van der Waals surface area (Å²) in [6.45, 7) is -0.401. The van der Waals surface area contributed by atoms with E-state index in [4.69, 9.17) is 0 Å². The molecule has 2 amide bonds. The second-order valence-electron chi connectivity index (χ2n) is 7.00. The maximum atomic E-state index is 12.3. The third kappa shape index (κ3) is 4.82. The molecule has 2 aromatic carbocycles. The third-order valence-corrected chi connectivity index (χ3v) is 4.96. The Labute approximate surface area is 153 Å². The van der Waals surface area contributed by atoms with E-state index in [9.17, 15) is 14.7 Å². The smallest absolute Gasteiger partial charge is 0.245 e. The summed E-state index contributed by atoms with van der Waals surface area (Å²) in [7, 11) is 0. The zero-order chi connectivity index (χ0) is 18.4. The molecule has 5 nitrogen and oxygen atoms in total. The predicted molar refractivity (Wildman–Crippen MR) is 102 cm³/mol. The molecule has 0 aliphatic heterocycles. The van der Waals surface area contributed by atoms with E-state index >= 15 is 0 Å². The summed E-state index contributed by atoms with van der Waals surface area (Å²) in [5, 5.41) is 17.3. The number of hydrogen-bond acceptors (Lipinski definition) is 3. The lowest BCUT2D eigenvalue weighted by molar-refractivity contribution is -0.130. The van der Waals surface area contributed by atoms with Crippen molar-refractivity contribution < 1.29 is 14.7 Å². The summed E-state index contributed by atoms with van der Waals surface area (Å²) in [5.74, 6) is -0.565. The molecule has 3 rings (SSSR count). The number of fused-ring (bicyclic) bond motifs is 1. The lowest BCUT2D eigenvalue weighted by Gasteiger charge is -2.25. The van der Waals surface area contributed by atoms with Gasteiger partial charge >= 0.3 is 0 Å². The van der Waals surface area contributed by atoms with Crippen molar-refractivity contribution in [2.75, 3.05) is 6.61 Å². The van der Waals surface area contributed by atoms with Crippen LogP contribution in [0.15, 0.2) is 42.5 Å². The summed E-state index contributed by atoms with van der Waals surface area (Å²) < 4.78 is 0. The molecule has 0 aromatic heterocycles. The summed E-state index contributed by atoms with van der Waals surface area (Å²) in [4.78, 5) is 24.6. The molecule has 0 radical (unpaired) electrons. The molecule has 1 fully saturated rings. The maximum absolute atomic E-state index is 12.3. The van der Waals surface area contributed by atoms with Gasteiger partial charge < -0.3 is 15.7 Å². The van der Waals surface area contributed by atoms with Crippen LogP contribution in [0.4, 0.5) is 0 Å². The van der Waals surface area contributed by atoms with E-state index in [1.165, 1.54) is 6.42 Å². The maximum Gasteiger partial charge on any atom is 0.245 e. The van der Waals surface area contributed by atoms with Gasteiger partial charge in [-0.15, -0.1) is 0 Å². The summed E-state index contributed by atoms with van der Waals surface area (Å²) in [6, 6.07) is 13.1. The Bertz CT molecular complexity index is 769. The fourth-order valence-electron chi connectivity index (χ4n) is 3.52. The number of aliphatic hydroxyl groups excluding tert-OH is 1. The first-order valence-electron chi connectivity index (χ1n) is 9.34. The second kappa shape index (κ2) is 8.81. The number of carbonyl (C=O) groups is 2. The molecule has 5 heteroatoms. The number of amides is 2. The molecule has 1 atom stereocenters. The molecular weight excluding hydrogens is 328 g/mol. The molecular formula is C21H26N2O3. The van der Waals surface area contributed by atoms with E-state index in [-0.39, 0.29) is 24.3 Å². The van der Waals surface area contributed by atoms with Gasteiger partial charge in [0.25, 0.3) is 0 Å². The Morgan fingerprint density at radius 3 is 2.50 bits per heavy atom. The van der Waals surface area contributed by atoms with E-state index < -0.39 is 12.6 Å². The molecule has 0 heterocycles. The average molecular weight is 354 g/mol. The van der Waals surface area contributed by atoms with Gasteiger partial charge in [0.1, 0.15) is 6.04 Å². The van der Waals surface area contributed by atoms with Gasteiger partial charge in [-0.2, -0.15) is 0 Å². The van der Waals surface area contributed by atoms with Crippen LogP contribution in [0.3, 0.4) is 0 Å². The van der Waals surface area contributed by atoms with E-state index in [0.29, 0.717) is 0 Å². The van der Waals surface area contributed by atoms with Crippen LogP contribution in [0.5, 0.6) is 0 Å². The van der Waals surface area contributed by atoms with Crippen molar-refractivity contribution in [2.45, 2.75) is 50.6 Å². The monoisotopic (exact) mass is 354 g/mol. The van der Waals surface area contributed by atoms with Crippen LogP contribution in [0.25, 0.3) is 10.8 Å². The largest absolute Gasteiger partial charge is 0.394 e. The van der Waals surface area contributed by atoms with Gasteiger partial charge in [0.2, 0.25) is 11.8 Å². The highest BCUT2D eigenvalue weighted by Gasteiger charge is 2.23. The number of aliphatic hydroxyl groups is 1. The summed E-state index contributed by atoms with van der Waals surface area (Å²) in [6.07, 6.45) is 5.55. The molecule has 138 valence electrons. The zero-order valence-electron chi connectivity index (χ0n) is 14.9. The van der Waals surface area contributed by atoms with Crippen LogP contribution < -0.4 is 10.6 Å². The number of nitrogens with one attached hydrogen (secondary N) is 2. The fourth-order valence-corrected chi connectivity index (χ4v) is 3.52. The average Bonchev–Trinajstić information content (AvgIpc) is 2.66. The van der Waals surface area contributed by atoms with Gasteiger partial charge in [-0.3, -0.25) is 9.59 Å². The minimum Gasteiger partial charge on any atom is -0.394 e. The van der Waals surface area contributed by atoms with E-state index in [2.05, 4.69) is 10.6 Å². The van der Waals surface area contributed by atoms with Crippen molar-refractivity contribution in [1.29, 1.82) is 0 Å². The first-order valence-corrected chi connectivity index (χ1v) is 9.34. The predicted octanol–water partition coefficient (Wildman–Crippen LogP) is 2.31. The molecule has 3 N–H and O–H groups in total. The number of benzene rings is 2. The molecule has 0 spiro atoms. The number of hydrogen-bond donors (Lipinski definition) is 3.